The highest BCUT2D eigenvalue weighted by Gasteiger charge is 2.14. The molecule has 0 radical (unpaired) electrons. The summed E-state index contributed by atoms with van der Waals surface area (Å²) in [5, 5.41) is 11.3. The molecule has 1 amide bonds. The molecule has 0 fully saturated rings. The Bertz CT molecular complexity index is 521. The highest BCUT2D eigenvalue weighted by molar-refractivity contribution is 5.94. The van der Waals surface area contributed by atoms with Crippen molar-refractivity contribution in [2.75, 3.05) is 26.9 Å². The summed E-state index contributed by atoms with van der Waals surface area (Å²) in [5.41, 5.74) is 0.513. The molecule has 0 aliphatic carbocycles. The average molecular weight is 313 g/mol. The number of hydrogen-bond acceptors (Lipinski definition) is 4. The number of halogens is 1. The van der Waals surface area contributed by atoms with E-state index in [2.05, 4.69) is 5.32 Å². The fraction of sp³-hybridized carbons (Fsp3) is 0.467. The van der Waals surface area contributed by atoms with Crippen molar-refractivity contribution in [3.63, 3.8) is 0 Å². The van der Waals surface area contributed by atoms with E-state index in [0.29, 0.717) is 13.2 Å². The molecule has 0 bridgehead atoms. The second-order valence-corrected chi connectivity index (χ2v) is 4.80. The number of ether oxygens (including phenoxy) is 2. The first kappa shape index (κ1) is 18.1. The molecule has 0 aromatic heterocycles. The predicted octanol–water partition coefficient (Wildman–Crippen LogP) is 1.44. The predicted molar refractivity (Wildman–Crippen MR) is 77.1 cm³/mol. The molecule has 1 unspecified atom stereocenters. The minimum absolute atomic E-state index is 0.00517. The number of carbonyl (C=O) groups excluding carboxylic acids is 1. The molecule has 0 saturated carbocycles. The third-order valence-electron chi connectivity index (χ3n) is 2.99. The smallest absolute Gasteiger partial charge is 0.308 e. The first-order valence-electron chi connectivity index (χ1n) is 6.81. The topological polar surface area (TPSA) is 84.9 Å². The summed E-state index contributed by atoms with van der Waals surface area (Å²) in [7, 11) is 1.53. The number of methoxy groups -OCH3 is 1. The number of carbonyl (C=O) groups is 2. The van der Waals surface area contributed by atoms with Crippen molar-refractivity contribution in [1.29, 1.82) is 0 Å². The molecule has 1 atom stereocenters. The fourth-order valence-corrected chi connectivity index (χ4v) is 1.59. The van der Waals surface area contributed by atoms with E-state index in [1.165, 1.54) is 32.2 Å². The summed E-state index contributed by atoms with van der Waals surface area (Å²) in [6, 6.07) is 3.92. The lowest BCUT2D eigenvalue weighted by Crippen LogP contribution is -2.31. The second-order valence-electron chi connectivity index (χ2n) is 4.80. The number of benzene rings is 1. The molecule has 0 spiro atoms. The van der Waals surface area contributed by atoms with Crippen molar-refractivity contribution in [2.45, 2.75) is 13.5 Å². The van der Waals surface area contributed by atoms with Crippen LogP contribution in [-0.2, 0) is 20.9 Å². The van der Waals surface area contributed by atoms with Gasteiger partial charge in [-0.1, -0.05) is 6.92 Å². The molecule has 1 aromatic rings. The molecule has 0 heterocycles. The van der Waals surface area contributed by atoms with Crippen molar-refractivity contribution >= 4 is 11.9 Å². The van der Waals surface area contributed by atoms with Gasteiger partial charge in [0.05, 0.1) is 25.7 Å². The number of rotatable bonds is 9. The Hall–Kier alpha value is -1.99. The molecule has 6 nitrogen and oxygen atoms in total. The largest absolute Gasteiger partial charge is 0.481 e. The number of amides is 1. The van der Waals surface area contributed by atoms with Crippen LogP contribution in [-0.4, -0.2) is 43.9 Å². The van der Waals surface area contributed by atoms with Crippen molar-refractivity contribution in [1.82, 2.24) is 5.32 Å². The van der Waals surface area contributed by atoms with E-state index in [1.54, 1.807) is 0 Å². The summed E-state index contributed by atoms with van der Waals surface area (Å²) in [5.74, 6) is -2.60. The van der Waals surface area contributed by atoms with Crippen molar-refractivity contribution in [2.24, 2.45) is 5.92 Å². The molecule has 0 aliphatic heterocycles. The van der Waals surface area contributed by atoms with Crippen LogP contribution in [0.2, 0.25) is 0 Å². The van der Waals surface area contributed by atoms with Gasteiger partial charge in [-0.15, -0.1) is 0 Å². The number of nitrogens with one attached hydrogen (secondary N) is 1. The van der Waals surface area contributed by atoms with Gasteiger partial charge in [0, 0.05) is 24.8 Å². The first-order valence-corrected chi connectivity index (χ1v) is 6.81. The Morgan fingerprint density at radius 1 is 1.36 bits per heavy atom. The van der Waals surface area contributed by atoms with Crippen LogP contribution < -0.4 is 5.32 Å². The summed E-state index contributed by atoms with van der Waals surface area (Å²) in [6.07, 6.45) is 0. The van der Waals surface area contributed by atoms with E-state index in [4.69, 9.17) is 14.6 Å². The zero-order valence-electron chi connectivity index (χ0n) is 12.6. The fourth-order valence-electron chi connectivity index (χ4n) is 1.59. The van der Waals surface area contributed by atoms with Gasteiger partial charge in [0.2, 0.25) is 0 Å². The zero-order valence-corrected chi connectivity index (χ0v) is 12.6. The van der Waals surface area contributed by atoms with E-state index in [0.717, 1.165) is 0 Å². The van der Waals surface area contributed by atoms with Gasteiger partial charge in [-0.2, -0.15) is 0 Å². The van der Waals surface area contributed by atoms with E-state index >= 15 is 0 Å². The minimum Gasteiger partial charge on any atom is -0.481 e. The Balaban J connectivity index is 2.63. The van der Waals surface area contributed by atoms with Crippen molar-refractivity contribution < 1.29 is 28.6 Å². The molecule has 1 rings (SSSR count). The van der Waals surface area contributed by atoms with Crippen LogP contribution in [0.1, 0.15) is 22.8 Å². The number of hydrogen-bond donors (Lipinski definition) is 2. The average Bonchev–Trinajstić information content (AvgIpc) is 2.50. The third-order valence-corrected chi connectivity index (χ3v) is 2.99. The standard InChI is InChI=1S/C15H20FNO5/c1-10(15(19)20)8-17-14(18)11-3-4-13(16)12(7-11)9-22-6-5-21-2/h3-4,7,10H,5-6,8-9H2,1-2H3,(H,17,18)(H,19,20). The summed E-state index contributed by atoms with van der Waals surface area (Å²) in [4.78, 5) is 22.6. The van der Waals surface area contributed by atoms with Gasteiger partial charge in [-0.3, -0.25) is 9.59 Å². The van der Waals surface area contributed by atoms with Gasteiger partial charge in [0.1, 0.15) is 5.82 Å². The van der Waals surface area contributed by atoms with Crippen molar-refractivity contribution in [3.05, 3.63) is 35.1 Å². The molecular weight excluding hydrogens is 293 g/mol. The highest BCUT2D eigenvalue weighted by Crippen LogP contribution is 2.12. The summed E-state index contributed by atoms with van der Waals surface area (Å²) >= 11 is 0. The molecule has 0 saturated heterocycles. The van der Waals surface area contributed by atoms with E-state index in [-0.39, 0.29) is 24.3 Å². The maximum Gasteiger partial charge on any atom is 0.308 e. The van der Waals surface area contributed by atoms with E-state index < -0.39 is 23.6 Å². The van der Waals surface area contributed by atoms with Gasteiger partial charge < -0.3 is 19.9 Å². The van der Waals surface area contributed by atoms with Crippen molar-refractivity contribution in [3.8, 4) is 0 Å². The molecule has 22 heavy (non-hydrogen) atoms. The van der Waals surface area contributed by atoms with Crippen LogP contribution in [0.15, 0.2) is 18.2 Å². The van der Waals surface area contributed by atoms with Gasteiger partial charge in [-0.05, 0) is 18.2 Å². The van der Waals surface area contributed by atoms with Crippen LogP contribution in [0.4, 0.5) is 4.39 Å². The van der Waals surface area contributed by atoms with E-state index in [1.807, 2.05) is 0 Å². The SMILES string of the molecule is COCCOCc1cc(C(=O)NCC(C)C(=O)O)ccc1F. The Labute approximate surface area is 128 Å². The molecule has 0 aliphatic rings. The Morgan fingerprint density at radius 2 is 2.09 bits per heavy atom. The Morgan fingerprint density at radius 3 is 2.73 bits per heavy atom. The van der Waals surface area contributed by atoms with E-state index in [9.17, 15) is 14.0 Å². The minimum atomic E-state index is -0.994. The van der Waals surface area contributed by atoms with Crippen LogP contribution in [0.3, 0.4) is 0 Å². The number of aliphatic carboxylic acids is 1. The van der Waals surface area contributed by atoms with Gasteiger partial charge >= 0.3 is 5.97 Å². The van der Waals surface area contributed by atoms with Gasteiger partial charge in [0.25, 0.3) is 5.91 Å². The summed E-state index contributed by atoms with van der Waals surface area (Å²) < 4.78 is 23.7. The van der Waals surface area contributed by atoms with Gasteiger partial charge in [-0.25, -0.2) is 4.39 Å². The normalized spacial score (nSPS) is 12.0. The maximum absolute atomic E-state index is 13.6. The lowest BCUT2D eigenvalue weighted by molar-refractivity contribution is -0.140. The number of carboxylic acids is 1. The molecular formula is C15H20FNO5. The highest BCUT2D eigenvalue weighted by atomic mass is 19.1. The lowest BCUT2D eigenvalue weighted by Gasteiger charge is -2.10. The molecule has 7 heteroatoms. The molecule has 122 valence electrons. The maximum atomic E-state index is 13.6. The number of carboxylic acid groups (broad SMARTS) is 1. The summed E-state index contributed by atoms with van der Waals surface area (Å²) in [6.45, 7) is 2.24. The van der Waals surface area contributed by atoms with Crippen LogP contribution in [0, 0.1) is 11.7 Å². The van der Waals surface area contributed by atoms with Crippen LogP contribution >= 0.6 is 0 Å². The first-order chi connectivity index (χ1) is 10.5. The molecule has 2 N–H and O–H groups in total. The van der Waals surface area contributed by atoms with Crippen LogP contribution in [0.5, 0.6) is 0 Å². The van der Waals surface area contributed by atoms with Crippen LogP contribution in [0.25, 0.3) is 0 Å². The third kappa shape index (κ3) is 5.79. The molecule has 1 aromatic carbocycles. The lowest BCUT2D eigenvalue weighted by atomic mass is 10.1. The van der Waals surface area contributed by atoms with Gasteiger partial charge in [0.15, 0.2) is 0 Å². The monoisotopic (exact) mass is 313 g/mol. The second kappa shape index (κ2) is 9.11. The quantitative estimate of drug-likeness (QED) is 0.674. The Kier molecular flexibility index (Phi) is 7.48. The zero-order chi connectivity index (χ0) is 16.5.